The third-order valence-corrected chi connectivity index (χ3v) is 4.91. The molecule has 1 aliphatic carbocycles. The van der Waals surface area contributed by atoms with Crippen LogP contribution in [0.25, 0.3) is 0 Å². The molecule has 0 unspecified atom stereocenters. The van der Waals surface area contributed by atoms with Gasteiger partial charge in [-0.05, 0) is 49.9 Å². The van der Waals surface area contributed by atoms with Gasteiger partial charge in [0.1, 0.15) is 11.6 Å². The molecule has 21 heavy (non-hydrogen) atoms. The van der Waals surface area contributed by atoms with Crippen LogP contribution in [0.3, 0.4) is 0 Å². The summed E-state index contributed by atoms with van der Waals surface area (Å²) < 4.78 is 0. The molecule has 110 valence electrons. The molecular weight excluding hydrogens is 302 g/mol. The number of halogens is 1. The second-order valence-corrected chi connectivity index (χ2v) is 6.60. The Balaban J connectivity index is 1.77. The highest BCUT2D eigenvalue weighted by atomic mass is 35.5. The van der Waals surface area contributed by atoms with Gasteiger partial charge in [0.15, 0.2) is 0 Å². The maximum atomic E-state index is 5.91. The number of hydrogen-bond donors (Lipinski definition) is 1. The highest BCUT2D eigenvalue weighted by Gasteiger charge is 2.17. The summed E-state index contributed by atoms with van der Waals surface area (Å²) in [5.41, 5.74) is 2.54. The Morgan fingerprint density at radius 2 is 1.90 bits per heavy atom. The van der Waals surface area contributed by atoms with E-state index in [0.29, 0.717) is 0 Å². The second-order valence-electron chi connectivity index (χ2n) is 5.11. The number of nitrogens with one attached hydrogen (secondary N) is 1. The quantitative estimate of drug-likeness (QED) is 0.851. The fourth-order valence-electron chi connectivity index (χ4n) is 2.60. The summed E-state index contributed by atoms with van der Waals surface area (Å²) in [7, 11) is 1.94. The highest BCUT2D eigenvalue weighted by Crippen LogP contribution is 2.28. The van der Waals surface area contributed by atoms with Crippen molar-refractivity contribution in [1.82, 2.24) is 9.97 Å². The Bertz CT molecular complexity index is 611. The lowest BCUT2D eigenvalue weighted by Gasteiger charge is -2.18. The summed E-state index contributed by atoms with van der Waals surface area (Å²) in [5.74, 6) is 2.69. The summed E-state index contributed by atoms with van der Waals surface area (Å²) in [6.45, 7) is 0. The largest absolute Gasteiger partial charge is 0.373 e. The Morgan fingerprint density at radius 1 is 1.14 bits per heavy atom. The smallest absolute Gasteiger partial charge is 0.141 e. The monoisotopic (exact) mass is 319 g/mol. The molecule has 1 aromatic carbocycles. The fourth-order valence-corrected chi connectivity index (χ4v) is 3.47. The van der Waals surface area contributed by atoms with Crippen LogP contribution in [0.4, 0.5) is 5.82 Å². The van der Waals surface area contributed by atoms with Crippen LogP contribution in [0, 0.1) is 0 Å². The topological polar surface area (TPSA) is 37.8 Å². The lowest BCUT2D eigenvalue weighted by Crippen LogP contribution is -2.13. The average Bonchev–Trinajstić information content (AvgIpc) is 2.53. The molecular formula is C16H18ClN3S. The normalized spacial score (nSPS) is 13.8. The van der Waals surface area contributed by atoms with Crippen LogP contribution >= 0.6 is 23.4 Å². The van der Waals surface area contributed by atoms with E-state index >= 15 is 0 Å². The first kappa shape index (κ1) is 14.7. The molecule has 3 nitrogen and oxygen atoms in total. The maximum absolute atomic E-state index is 5.91. The summed E-state index contributed by atoms with van der Waals surface area (Å²) in [6, 6.07) is 7.89. The van der Waals surface area contributed by atoms with Gasteiger partial charge in [0.2, 0.25) is 0 Å². The van der Waals surface area contributed by atoms with Gasteiger partial charge < -0.3 is 5.32 Å². The van der Waals surface area contributed by atoms with Crippen LogP contribution in [0.2, 0.25) is 5.02 Å². The average molecular weight is 320 g/mol. The van der Waals surface area contributed by atoms with Gasteiger partial charge in [0.25, 0.3) is 0 Å². The molecule has 1 heterocycles. The van der Waals surface area contributed by atoms with Crippen LogP contribution in [-0.4, -0.2) is 17.0 Å². The third-order valence-electron chi connectivity index (χ3n) is 3.65. The number of aryl methyl sites for hydroxylation is 1. The highest BCUT2D eigenvalue weighted by molar-refractivity contribution is 7.98. The summed E-state index contributed by atoms with van der Waals surface area (Å²) in [5, 5.41) is 3.99. The van der Waals surface area contributed by atoms with E-state index < -0.39 is 0 Å². The van der Waals surface area contributed by atoms with Crippen LogP contribution < -0.4 is 5.32 Å². The molecule has 0 radical (unpaired) electrons. The second kappa shape index (κ2) is 6.67. The summed E-state index contributed by atoms with van der Waals surface area (Å²) >= 11 is 7.65. The first-order chi connectivity index (χ1) is 10.3. The molecule has 0 atom stereocenters. The number of fused-ring (bicyclic) bond motifs is 1. The van der Waals surface area contributed by atoms with Gasteiger partial charge in [-0.1, -0.05) is 11.6 Å². The Morgan fingerprint density at radius 3 is 2.67 bits per heavy atom. The third kappa shape index (κ3) is 3.50. The standard InChI is InChI=1S/C16H18ClN3S/c1-18-16-13-4-2-3-5-14(13)19-15(20-16)10-21-12-8-6-11(17)7-9-12/h6-9H,2-5,10H2,1H3,(H,18,19,20). The number of aromatic nitrogens is 2. The van der Waals surface area contributed by atoms with Gasteiger partial charge >= 0.3 is 0 Å². The molecule has 0 fully saturated rings. The molecule has 5 heteroatoms. The van der Waals surface area contributed by atoms with Crippen molar-refractivity contribution in [2.75, 3.05) is 12.4 Å². The molecule has 2 aromatic rings. The lowest BCUT2D eigenvalue weighted by atomic mass is 9.96. The van der Waals surface area contributed by atoms with E-state index in [1.165, 1.54) is 29.0 Å². The first-order valence-electron chi connectivity index (χ1n) is 7.21. The predicted octanol–water partition coefficient (Wildman–Crippen LogP) is 4.34. The molecule has 1 N–H and O–H groups in total. The van der Waals surface area contributed by atoms with E-state index in [9.17, 15) is 0 Å². The Hall–Kier alpha value is -1.26. The number of benzene rings is 1. The molecule has 0 bridgehead atoms. The Kier molecular flexibility index (Phi) is 4.66. The number of hydrogen-bond acceptors (Lipinski definition) is 4. The molecule has 0 amide bonds. The van der Waals surface area contributed by atoms with Crippen LogP contribution in [0.5, 0.6) is 0 Å². The molecule has 0 saturated carbocycles. The van der Waals surface area contributed by atoms with Crippen LogP contribution in [0.1, 0.15) is 29.9 Å². The summed E-state index contributed by atoms with van der Waals surface area (Å²) in [6.07, 6.45) is 4.64. The molecule has 0 aliphatic heterocycles. The van der Waals surface area contributed by atoms with E-state index in [-0.39, 0.29) is 0 Å². The molecule has 0 spiro atoms. The van der Waals surface area contributed by atoms with E-state index in [1.807, 2.05) is 31.3 Å². The number of rotatable bonds is 4. The van der Waals surface area contributed by atoms with E-state index in [2.05, 4.69) is 10.3 Å². The fraction of sp³-hybridized carbons (Fsp3) is 0.375. The Labute approximate surface area is 134 Å². The van der Waals surface area contributed by atoms with Gasteiger partial charge in [0.05, 0.1) is 5.75 Å². The van der Waals surface area contributed by atoms with Crippen LogP contribution in [0.15, 0.2) is 29.2 Å². The molecule has 0 saturated heterocycles. The van der Waals surface area contributed by atoms with Gasteiger partial charge in [-0.25, -0.2) is 9.97 Å². The zero-order valence-corrected chi connectivity index (χ0v) is 13.6. The minimum absolute atomic E-state index is 0.766. The zero-order chi connectivity index (χ0) is 14.7. The summed E-state index contributed by atoms with van der Waals surface area (Å²) in [4.78, 5) is 10.6. The van der Waals surface area contributed by atoms with Gasteiger partial charge in [0, 0.05) is 28.2 Å². The van der Waals surface area contributed by atoms with E-state index in [1.54, 1.807) is 11.8 Å². The van der Waals surface area contributed by atoms with E-state index in [0.717, 1.165) is 35.3 Å². The van der Waals surface area contributed by atoms with Gasteiger partial charge in [-0.3, -0.25) is 0 Å². The maximum Gasteiger partial charge on any atom is 0.141 e. The lowest BCUT2D eigenvalue weighted by molar-refractivity contribution is 0.659. The van der Waals surface area contributed by atoms with Crippen molar-refractivity contribution < 1.29 is 0 Å². The minimum Gasteiger partial charge on any atom is -0.373 e. The molecule has 3 rings (SSSR count). The van der Waals surface area contributed by atoms with Crippen molar-refractivity contribution in [3.8, 4) is 0 Å². The number of thioether (sulfide) groups is 1. The minimum atomic E-state index is 0.766. The van der Waals surface area contributed by atoms with E-state index in [4.69, 9.17) is 16.6 Å². The van der Waals surface area contributed by atoms with Crippen molar-refractivity contribution >= 4 is 29.2 Å². The number of anilines is 1. The van der Waals surface area contributed by atoms with Crippen molar-refractivity contribution in [3.63, 3.8) is 0 Å². The van der Waals surface area contributed by atoms with Gasteiger partial charge in [-0.2, -0.15) is 0 Å². The van der Waals surface area contributed by atoms with Gasteiger partial charge in [-0.15, -0.1) is 11.8 Å². The predicted molar refractivity (Wildman–Crippen MR) is 89.2 cm³/mol. The van der Waals surface area contributed by atoms with Crippen molar-refractivity contribution in [2.45, 2.75) is 36.3 Å². The molecule has 1 aromatic heterocycles. The molecule has 1 aliphatic rings. The number of nitrogens with zero attached hydrogens (tertiary/aromatic N) is 2. The van der Waals surface area contributed by atoms with Crippen molar-refractivity contribution in [2.24, 2.45) is 0 Å². The zero-order valence-electron chi connectivity index (χ0n) is 12.0. The van der Waals surface area contributed by atoms with Crippen molar-refractivity contribution in [3.05, 3.63) is 46.4 Å². The SMILES string of the molecule is CNc1nc(CSc2ccc(Cl)cc2)nc2c1CCCC2. The first-order valence-corrected chi connectivity index (χ1v) is 8.57. The van der Waals surface area contributed by atoms with Crippen LogP contribution in [-0.2, 0) is 18.6 Å². The van der Waals surface area contributed by atoms with Crippen molar-refractivity contribution in [1.29, 1.82) is 0 Å².